The van der Waals surface area contributed by atoms with E-state index in [-0.39, 0.29) is 0 Å². The summed E-state index contributed by atoms with van der Waals surface area (Å²) < 4.78 is 0. The molecule has 1 saturated carbocycles. The van der Waals surface area contributed by atoms with Gasteiger partial charge in [-0.15, -0.1) is 0 Å². The van der Waals surface area contributed by atoms with Gasteiger partial charge in [-0.1, -0.05) is 66.0 Å². The van der Waals surface area contributed by atoms with Crippen molar-refractivity contribution in [2.24, 2.45) is 29.1 Å². The van der Waals surface area contributed by atoms with Gasteiger partial charge in [-0.3, -0.25) is 0 Å². The minimum Gasteiger partial charge on any atom is -0.0847 e. The lowest BCUT2D eigenvalue weighted by atomic mass is 9.56. The molecule has 0 amide bonds. The highest BCUT2D eigenvalue weighted by atomic mass is 14.5. The summed E-state index contributed by atoms with van der Waals surface area (Å²) >= 11 is 0. The van der Waals surface area contributed by atoms with E-state index in [0.717, 1.165) is 23.7 Å². The number of hydrogen-bond donors (Lipinski definition) is 0. The summed E-state index contributed by atoms with van der Waals surface area (Å²) in [6.45, 7) is 16.1. The molecular formula is C19H36. The topological polar surface area (TPSA) is 0 Å². The Morgan fingerprint density at radius 3 is 2.47 bits per heavy atom. The van der Waals surface area contributed by atoms with Crippen molar-refractivity contribution in [1.82, 2.24) is 0 Å². The van der Waals surface area contributed by atoms with Gasteiger partial charge >= 0.3 is 0 Å². The number of hydrogen-bond acceptors (Lipinski definition) is 0. The zero-order valence-electron chi connectivity index (χ0n) is 14.4. The second-order valence-electron chi connectivity index (χ2n) is 7.05. The summed E-state index contributed by atoms with van der Waals surface area (Å²) in [6.07, 6.45) is 9.60. The Hall–Kier alpha value is -0.260. The molecule has 0 aliphatic heterocycles. The van der Waals surface area contributed by atoms with Gasteiger partial charge in [-0.05, 0) is 55.3 Å². The number of fused-ring (bicyclic) bond motifs is 1. The Balaban J connectivity index is 0.000000861. The molecule has 0 spiro atoms. The summed E-state index contributed by atoms with van der Waals surface area (Å²) in [4.78, 5) is 0. The van der Waals surface area contributed by atoms with Crippen LogP contribution < -0.4 is 0 Å². The standard InChI is InChI=1S/C17H30.C2H6/c1-6-7-15-14(12(2)3)10-11-17(5)13(4)8-9-16(15)17;1-2/h8,12,14-16H,6-7,9-11H2,1-5H3;1-2H3. The average Bonchev–Trinajstić information content (AvgIpc) is 2.69. The molecule has 4 unspecified atom stereocenters. The smallest absolute Gasteiger partial charge is 0.00851 e. The predicted octanol–water partition coefficient (Wildman–Crippen LogP) is 6.47. The SMILES string of the molecule is CC.CCCC1C(C(C)C)CCC2(C)C(C)=CCC12. The summed E-state index contributed by atoms with van der Waals surface area (Å²) in [5.41, 5.74) is 2.23. The molecule has 2 aliphatic rings. The van der Waals surface area contributed by atoms with Crippen LogP contribution in [0.1, 0.15) is 80.6 Å². The van der Waals surface area contributed by atoms with Gasteiger partial charge in [0.05, 0.1) is 0 Å². The Morgan fingerprint density at radius 1 is 1.32 bits per heavy atom. The molecule has 0 saturated heterocycles. The van der Waals surface area contributed by atoms with Crippen LogP contribution in [-0.4, -0.2) is 0 Å². The van der Waals surface area contributed by atoms with Crippen molar-refractivity contribution >= 4 is 0 Å². The third-order valence-electron chi connectivity index (χ3n) is 5.94. The van der Waals surface area contributed by atoms with Crippen molar-refractivity contribution in [3.63, 3.8) is 0 Å². The minimum absolute atomic E-state index is 0.547. The first-order chi connectivity index (χ1) is 9.00. The molecule has 2 rings (SSSR count). The lowest BCUT2D eigenvalue weighted by molar-refractivity contribution is 0.0268. The molecule has 0 heteroatoms. The number of allylic oxidation sites excluding steroid dienone is 2. The van der Waals surface area contributed by atoms with Gasteiger partial charge in [0.2, 0.25) is 0 Å². The van der Waals surface area contributed by atoms with Crippen molar-refractivity contribution in [2.45, 2.75) is 80.6 Å². The molecule has 1 fully saturated rings. The summed E-state index contributed by atoms with van der Waals surface area (Å²) in [5.74, 6) is 3.78. The van der Waals surface area contributed by atoms with Crippen molar-refractivity contribution in [2.75, 3.05) is 0 Å². The van der Waals surface area contributed by atoms with E-state index in [0.29, 0.717) is 5.41 Å². The summed E-state index contributed by atoms with van der Waals surface area (Å²) in [7, 11) is 0. The van der Waals surface area contributed by atoms with Crippen LogP contribution in [0.25, 0.3) is 0 Å². The van der Waals surface area contributed by atoms with Crippen LogP contribution in [0, 0.1) is 29.1 Å². The Bertz CT molecular complexity index is 299. The van der Waals surface area contributed by atoms with Crippen LogP contribution in [0.2, 0.25) is 0 Å². The molecule has 0 bridgehead atoms. The molecule has 4 atom stereocenters. The van der Waals surface area contributed by atoms with Crippen molar-refractivity contribution in [3.8, 4) is 0 Å². The molecular weight excluding hydrogens is 228 g/mol. The van der Waals surface area contributed by atoms with E-state index in [4.69, 9.17) is 0 Å². The summed E-state index contributed by atoms with van der Waals surface area (Å²) in [6, 6.07) is 0. The fraction of sp³-hybridized carbons (Fsp3) is 0.895. The van der Waals surface area contributed by atoms with E-state index in [9.17, 15) is 0 Å². The van der Waals surface area contributed by atoms with Crippen LogP contribution in [0.15, 0.2) is 11.6 Å². The van der Waals surface area contributed by atoms with E-state index in [1.54, 1.807) is 5.57 Å². The lowest BCUT2D eigenvalue weighted by Crippen LogP contribution is -2.41. The quantitative estimate of drug-likeness (QED) is 0.513. The van der Waals surface area contributed by atoms with Gasteiger partial charge in [0.1, 0.15) is 0 Å². The van der Waals surface area contributed by atoms with Crippen LogP contribution in [-0.2, 0) is 0 Å². The monoisotopic (exact) mass is 264 g/mol. The highest BCUT2D eigenvalue weighted by molar-refractivity contribution is 5.22. The van der Waals surface area contributed by atoms with E-state index in [1.807, 2.05) is 13.8 Å². The summed E-state index contributed by atoms with van der Waals surface area (Å²) in [5, 5.41) is 0. The predicted molar refractivity (Wildman–Crippen MR) is 87.3 cm³/mol. The van der Waals surface area contributed by atoms with Crippen LogP contribution in [0.5, 0.6) is 0 Å². The van der Waals surface area contributed by atoms with Crippen LogP contribution in [0.4, 0.5) is 0 Å². The Morgan fingerprint density at radius 2 is 1.95 bits per heavy atom. The van der Waals surface area contributed by atoms with Crippen molar-refractivity contribution in [3.05, 3.63) is 11.6 Å². The third-order valence-corrected chi connectivity index (χ3v) is 5.94. The van der Waals surface area contributed by atoms with E-state index in [1.165, 1.54) is 32.1 Å². The highest BCUT2D eigenvalue weighted by Gasteiger charge is 2.49. The first kappa shape index (κ1) is 16.8. The molecule has 0 nitrogen and oxygen atoms in total. The zero-order chi connectivity index (χ0) is 14.6. The zero-order valence-corrected chi connectivity index (χ0v) is 14.4. The molecule has 0 N–H and O–H groups in total. The van der Waals surface area contributed by atoms with Crippen molar-refractivity contribution in [1.29, 1.82) is 0 Å². The maximum atomic E-state index is 2.54. The molecule has 2 aliphatic carbocycles. The molecule has 0 aromatic heterocycles. The molecule has 0 radical (unpaired) electrons. The lowest BCUT2D eigenvalue weighted by Gasteiger charge is -2.49. The largest absolute Gasteiger partial charge is 0.0847 e. The van der Waals surface area contributed by atoms with E-state index < -0.39 is 0 Å². The maximum absolute atomic E-state index is 2.54. The second kappa shape index (κ2) is 6.95. The molecule has 0 aromatic carbocycles. The molecule has 0 aromatic rings. The van der Waals surface area contributed by atoms with Gasteiger partial charge in [-0.2, -0.15) is 0 Å². The molecule has 0 heterocycles. The fourth-order valence-electron chi connectivity index (χ4n) is 4.67. The van der Waals surface area contributed by atoms with Gasteiger partial charge in [0, 0.05) is 0 Å². The minimum atomic E-state index is 0.547. The van der Waals surface area contributed by atoms with Gasteiger partial charge in [0.15, 0.2) is 0 Å². The van der Waals surface area contributed by atoms with Gasteiger partial charge in [0.25, 0.3) is 0 Å². The van der Waals surface area contributed by atoms with Crippen molar-refractivity contribution < 1.29 is 0 Å². The maximum Gasteiger partial charge on any atom is -0.00851 e. The normalized spacial score (nSPS) is 37.5. The fourth-order valence-corrected chi connectivity index (χ4v) is 4.67. The first-order valence-corrected chi connectivity index (χ1v) is 8.68. The van der Waals surface area contributed by atoms with Crippen LogP contribution >= 0.6 is 0 Å². The first-order valence-electron chi connectivity index (χ1n) is 8.68. The number of rotatable bonds is 3. The molecule has 19 heavy (non-hydrogen) atoms. The van der Waals surface area contributed by atoms with E-state index >= 15 is 0 Å². The average molecular weight is 264 g/mol. The van der Waals surface area contributed by atoms with Crippen LogP contribution in [0.3, 0.4) is 0 Å². The van der Waals surface area contributed by atoms with Gasteiger partial charge < -0.3 is 0 Å². The molecule has 112 valence electrons. The Labute approximate surface area is 122 Å². The van der Waals surface area contributed by atoms with E-state index in [2.05, 4.69) is 40.7 Å². The Kier molecular flexibility index (Phi) is 6.15. The highest BCUT2D eigenvalue weighted by Crippen LogP contribution is 2.58. The van der Waals surface area contributed by atoms with Gasteiger partial charge in [-0.25, -0.2) is 0 Å². The third kappa shape index (κ3) is 3.09. The second-order valence-corrected chi connectivity index (χ2v) is 7.05.